The molecule has 2 saturated heterocycles. The highest BCUT2D eigenvalue weighted by atomic mass is 35.5. The van der Waals surface area contributed by atoms with Gasteiger partial charge in [-0.15, -0.1) is 11.6 Å². The summed E-state index contributed by atoms with van der Waals surface area (Å²) in [6.07, 6.45) is 9.62. The van der Waals surface area contributed by atoms with E-state index in [-0.39, 0.29) is 0 Å². The van der Waals surface area contributed by atoms with E-state index in [2.05, 4.69) is 16.3 Å². The molecule has 15 heavy (non-hydrogen) atoms. The molecule has 0 radical (unpaired) electrons. The van der Waals surface area contributed by atoms with Crippen LogP contribution in [0.25, 0.3) is 0 Å². The number of fused-ring (bicyclic) bond motifs is 1. The van der Waals surface area contributed by atoms with Gasteiger partial charge in [-0.05, 0) is 38.8 Å². The Kier molecular flexibility index (Phi) is 4.48. The van der Waals surface area contributed by atoms with Crippen LogP contribution in [0.2, 0.25) is 0 Å². The number of allylic oxidation sites excluding steroid dienone is 1. The summed E-state index contributed by atoms with van der Waals surface area (Å²) in [6, 6.07) is 1.59. The molecule has 86 valence electrons. The minimum absolute atomic E-state index is 0.628. The van der Waals surface area contributed by atoms with E-state index in [1.165, 1.54) is 38.8 Å². The average molecular weight is 229 g/mol. The van der Waals surface area contributed by atoms with E-state index in [4.69, 9.17) is 11.6 Å². The van der Waals surface area contributed by atoms with E-state index in [1.54, 1.807) is 0 Å². The van der Waals surface area contributed by atoms with Gasteiger partial charge in [0.15, 0.2) is 0 Å². The molecule has 2 nitrogen and oxygen atoms in total. The maximum Gasteiger partial charge on any atom is 0.0404 e. The summed E-state index contributed by atoms with van der Waals surface area (Å²) < 4.78 is 0. The van der Waals surface area contributed by atoms with Crippen LogP contribution in [0.3, 0.4) is 0 Å². The molecule has 0 aliphatic carbocycles. The van der Waals surface area contributed by atoms with Gasteiger partial charge in [0.2, 0.25) is 0 Å². The first-order chi connectivity index (χ1) is 7.40. The third-order valence-electron chi connectivity index (χ3n) is 3.60. The molecule has 2 aliphatic rings. The summed E-state index contributed by atoms with van der Waals surface area (Å²) in [7, 11) is 0. The normalized spacial score (nSPS) is 32.3. The molecule has 0 aromatic carbocycles. The van der Waals surface area contributed by atoms with Gasteiger partial charge in [0.05, 0.1) is 0 Å². The second kappa shape index (κ2) is 5.88. The number of nitrogens with zero attached hydrogens (tertiary/aromatic N) is 1. The van der Waals surface area contributed by atoms with E-state index >= 15 is 0 Å². The lowest BCUT2D eigenvalue weighted by Crippen LogP contribution is -2.45. The molecule has 0 aromatic heterocycles. The lowest BCUT2D eigenvalue weighted by atomic mass is 9.98. The molecule has 1 N–H and O–H groups in total. The van der Waals surface area contributed by atoms with Gasteiger partial charge >= 0.3 is 0 Å². The highest BCUT2D eigenvalue weighted by molar-refractivity contribution is 6.18. The highest BCUT2D eigenvalue weighted by Gasteiger charge is 2.30. The molecule has 2 atom stereocenters. The lowest BCUT2D eigenvalue weighted by molar-refractivity contribution is 0.169. The van der Waals surface area contributed by atoms with E-state index < -0.39 is 0 Å². The van der Waals surface area contributed by atoms with Gasteiger partial charge in [-0.1, -0.05) is 12.2 Å². The number of rotatable bonds is 4. The van der Waals surface area contributed by atoms with Gasteiger partial charge in [0.25, 0.3) is 0 Å². The van der Waals surface area contributed by atoms with E-state index in [9.17, 15) is 0 Å². The molecule has 2 aliphatic heterocycles. The zero-order valence-corrected chi connectivity index (χ0v) is 10.0. The van der Waals surface area contributed by atoms with Crippen molar-refractivity contribution >= 4 is 11.6 Å². The van der Waals surface area contributed by atoms with Crippen molar-refractivity contribution in [3.8, 4) is 0 Å². The van der Waals surface area contributed by atoms with Crippen LogP contribution in [-0.4, -0.2) is 42.5 Å². The minimum atomic E-state index is 0.628. The predicted molar refractivity (Wildman–Crippen MR) is 65.5 cm³/mol. The zero-order chi connectivity index (χ0) is 10.5. The molecule has 0 aromatic rings. The minimum Gasteiger partial charge on any atom is -0.310 e. The molecule has 2 fully saturated rings. The Morgan fingerprint density at radius 3 is 3.07 bits per heavy atom. The summed E-state index contributed by atoms with van der Waals surface area (Å²) in [6.45, 7) is 3.61. The van der Waals surface area contributed by atoms with Gasteiger partial charge in [0, 0.05) is 24.5 Å². The number of halogens is 1. The van der Waals surface area contributed by atoms with Crippen molar-refractivity contribution in [2.24, 2.45) is 0 Å². The standard InChI is InChI=1S/C12H21ClN2/c13-6-1-2-7-14-11-5-9-15-8-3-4-12(15)10-11/h1-2,11-12,14H,3-10H2/b2-1+. The van der Waals surface area contributed by atoms with E-state index in [0.717, 1.165) is 18.6 Å². The summed E-state index contributed by atoms with van der Waals surface area (Å²) >= 11 is 5.57. The second-order valence-electron chi connectivity index (χ2n) is 4.59. The molecule has 0 bridgehead atoms. The Morgan fingerprint density at radius 1 is 1.27 bits per heavy atom. The Labute approximate surface area is 97.7 Å². The van der Waals surface area contributed by atoms with Crippen molar-refractivity contribution in [2.45, 2.75) is 37.8 Å². The predicted octanol–water partition coefficient (Wildman–Crippen LogP) is 2.00. The quantitative estimate of drug-likeness (QED) is 0.585. The first kappa shape index (κ1) is 11.4. The van der Waals surface area contributed by atoms with Crippen LogP contribution in [0.15, 0.2) is 12.2 Å². The fraction of sp³-hybridized carbons (Fsp3) is 0.833. The number of nitrogens with one attached hydrogen (secondary N) is 1. The van der Waals surface area contributed by atoms with Crippen molar-refractivity contribution in [3.05, 3.63) is 12.2 Å². The third-order valence-corrected chi connectivity index (χ3v) is 3.78. The second-order valence-corrected chi connectivity index (χ2v) is 4.90. The number of piperidine rings is 1. The van der Waals surface area contributed by atoms with Crippen LogP contribution in [0.4, 0.5) is 0 Å². The maximum absolute atomic E-state index is 5.57. The van der Waals surface area contributed by atoms with Gasteiger partial charge in [0.1, 0.15) is 0 Å². The van der Waals surface area contributed by atoms with Crippen LogP contribution in [0.1, 0.15) is 25.7 Å². The van der Waals surface area contributed by atoms with Crippen molar-refractivity contribution < 1.29 is 0 Å². The first-order valence-electron chi connectivity index (χ1n) is 6.08. The van der Waals surface area contributed by atoms with Crippen LogP contribution >= 0.6 is 11.6 Å². The average Bonchev–Trinajstić information content (AvgIpc) is 2.71. The Bertz CT molecular complexity index is 218. The fourth-order valence-electron chi connectivity index (χ4n) is 2.79. The molecule has 0 saturated carbocycles. The summed E-state index contributed by atoms with van der Waals surface area (Å²) in [5.74, 6) is 0.628. The lowest BCUT2D eigenvalue weighted by Gasteiger charge is -2.35. The topological polar surface area (TPSA) is 15.3 Å². The summed E-state index contributed by atoms with van der Waals surface area (Å²) in [5.41, 5.74) is 0. The molecule has 0 amide bonds. The Morgan fingerprint density at radius 2 is 2.20 bits per heavy atom. The largest absolute Gasteiger partial charge is 0.310 e. The summed E-state index contributed by atoms with van der Waals surface area (Å²) in [5, 5.41) is 3.60. The van der Waals surface area contributed by atoms with Crippen molar-refractivity contribution in [2.75, 3.05) is 25.5 Å². The van der Waals surface area contributed by atoms with Crippen molar-refractivity contribution in [1.29, 1.82) is 0 Å². The fourth-order valence-corrected chi connectivity index (χ4v) is 2.92. The van der Waals surface area contributed by atoms with Crippen molar-refractivity contribution in [1.82, 2.24) is 10.2 Å². The number of alkyl halides is 1. The molecular weight excluding hydrogens is 208 g/mol. The van der Waals surface area contributed by atoms with E-state index in [0.29, 0.717) is 5.88 Å². The number of hydrogen-bond donors (Lipinski definition) is 1. The molecule has 2 heterocycles. The van der Waals surface area contributed by atoms with Crippen LogP contribution < -0.4 is 5.32 Å². The van der Waals surface area contributed by atoms with Crippen LogP contribution in [0, 0.1) is 0 Å². The molecule has 0 spiro atoms. The maximum atomic E-state index is 5.57. The molecular formula is C12H21ClN2. The highest BCUT2D eigenvalue weighted by Crippen LogP contribution is 2.26. The Hall–Kier alpha value is -0.0500. The van der Waals surface area contributed by atoms with Crippen LogP contribution in [-0.2, 0) is 0 Å². The molecule has 3 heteroatoms. The monoisotopic (exact) mass is 228 g/mol. The van der Waals surface area contributed by atoms with Crippen molar-refractivity contribution in [3.63, 3.8) is 0 Å². The SMILES string of the molecule is ClC/C=C/CNC1CCN2CCCC2C1. The van der Waals surface area contributed by atoms with Crippen LogP contribution in [0.5, 0.6) is 0 Å². The molecule has 2 unspecified atom stereocenters. The summed E-state index contributed by atoms with van der Waals surface area (Å²) in [4.78, 5) is 2.66. The van der Waals surface area contributed by atoms with E-state index in [1.807, 2.05) is 6.08 Å². The molecule has 2 rings (SSSR count). The first-order valence-corrected chi connectivity index (χ1v) is 6.62. The van der Waals surface area contributed by atoms with Gasteiger partial charge in [-0.3, -0.25) is 0 Å². The van der Waals surface area contributed by atoms with Gasteiger partial charge in [-0.2, -0.15) is 0 Å². The van der Waals surface area contributed by atoms with Gasteiger partial charge in [-0.25, -0.2) is 0 Å². The number of hydrogen-bond acceptors (Lipinski definition) is 2. The van der Waals surface area contributed by atoms with Gasteiger partial charge < -0.3 is 10.2 Å². The zero-order valence-electron chi connectivity index (χ0n) is 9.29. The smallest absolute Gasteiger partial charge is 0.0404 e. The Balaban J connectivity index is 1.68. The third kappa shape index (κ3) is 3.20.